The second kappa shape index (κ2) is 9.37. The first-order chi connectivity index (χ1) is 16.5. The number of aromatic nitrogens is 2. The summed E-state index contributed by atoms with van der Waals surface area (Å²) in [6.45, 7) is 3.48. The van der Waals surface area contributed by atoms with Crippen molar-refractivity contribution < 1.29 is 23.1 Å². The Morgan fingerprint density at radius 1 is 1.17 bits per heavy atom. The largest absolute Gasteiger partial charge is 0.478 e. The highest BCUT2D eigenvalue weighted by Gasteiger charge is 2.32. The summed E-state index contributed by atoms with van der Waals surface area (Å²) >= 11 is 0. The van der Waals surface area contributed by atoms with Crippen molar-refractivity contribution in [3.63, 3.8) is 0 Å². The van der Waals surface area contributed by atoms with Crippen molar-refractivity contribution in [3.05, 3.63) is 59.1 Å². The summed E-state index contributed by atoms with van der Waals surface area (Å²) in [6, 6.07) is 7.50. The van der Waals surface area contributed by atoms with Crippen molar-refractivity contribution in [2.75, 3.05) is 38.6 Å². The van der Waals surface area contributed by atoms with Crippen LogP contribution in [0.15, 0.2) is 42.2 Å². The molecule has 0 aromatic carbocycles. The zero-order chi connectivity index (χ0) is 25.5. The average Bonchev–Trinajstić information content (AvgIpc) is 3.21. The van der Waals surface area contributed by atoms with E-state index in [4.69, 9.17) is 0 Å². The predicted molar refractivity (Wildman–Crippen MR) is 131 cm³/mol. The number of anilines is 1. The number of carboxylic acid groups (broad SMARTS) is 1. The second-order valence-electron chi connectivity index (χ2n) is 9.24. The van der Waals surface area contributed by atoms with Crippen molar-refractivity contribution in [2.24, 2.45) is 0 Å². The number of carbonyl (C=O) groups is 1. The number of carboxylic acids is 1. The predicted octanol–water partition coefficient (Wildman–Crippen LogP) is 5.51. The molecule has 1 fully saturated rings. The lowest BCUT2D eigenvalue weighted by Crippen LogP contribution is -2.38. The molecule has 4 rings (SSSR count). The number of nitrogens with zero attached hydrogens (tertiary/aromatic N) is 4. The molecule has 0 saturated carbocycles. The van der Waals surface area contributed by atoms with Gasteiger partial charge in [0.2, 0.25) is 0 Å². The Labute approximate surface area is 202 Å². The number of likely N-dealkylation sites (tertiary alicyclic amines) is 1. The molecule has 35 heavy (non-hydrogen) atoms. The van der Waals surface area contributed by atoms with E-state index in [0.717, 1.165) is 39.3 Å². The first-order valence-corrected chi connectivity index (χ1v) is 11.5. The van der Waals surface area contributed by atoms with E-state index in [9.17, 15) is 23.1 Å². The van der Waals surface area contributed by atoms with Crippen LogP contribution >= 0.6 is 0 Å². The number of pyridine rings is 2. The third kappa shape index (κ3) is 5.05. The van der Waals surface area contributed by atoms with E-state index in [1.807, 2.05) is 54.7 Å². The van der Waals surface area contributed by atoms with Crippen LogP contribution in [0.4, 0.5) is 19.0 Å². The molecule has 0 unspecified atom stereocenters. The van der Waals surface area contributed by atoms with Crippen molar-refractivity contribution >= 4 is 22.9 Å². The fourth-order valence-electron chi connectivity index (χ4n) is 4.88. The lowest BCUT2D eigenvalue weighted by Gasteiger charge is -2.30. The molecule has 1 N–H and O–H groups in total. The maximum Gasteiger partial charge on any atom is 0.401 e. The lowest BCUT2D eigenvalue weighted by molar-refractivity contribution is -0.146. The molecule has 0 atom stereocenters. The van der Waals surface area contributed by atoms with Gasteiger partial charge in [0, 0.05) is 45.1 Å². The fourth-order valence-corrected chi connectivity index (χ4v) is 4.88. The molecular formula is C26H29F3N4O2. The van der Waals surface area contributed by atoms with Crippen LogP contribution in [0.5, 0.6) is 0 Å². The first kappa shape index (κ1) is 24.8. The molecule has 9 heteroatoms. The summed E-state index contributed by atoms with van der Waals surface area (Å²) in [4.78, 5) is 19.8. The molecule has 6 nitrogen and oxygen atoms in total. The van der Waals surface area contributed by atoms with Crippen LogP contribution in [0.3, 0.4) is 0 Å². The van der Waals surface area contributed by atoms with E-state index < -0.39 is 18.7 Å². The molecule has 3 aromatic rings. The van der Waals surface area contributed by atoms with Crippen LogP contribution in [0.1, 0.15) is 41.4 Å². The average molecular weight is 487 g/mol. The van der Waals surface area contributed by atoms with Gasteiger partial charge in [-0.25, -0.2) is 9.78 Å². The Kier molecular flexibility index (Phi) is 6.64. The van der Waals surface area contributed by atoms with Crippen LogP contribution in [-0.4, -0.2) is 65.3 Å². The van der Waals surface area contributed by atoms with Crippen LogP contribution < -0.4 is 4.90 Å². The molecule has 0 aliphatic carbocycles. The van der Waals surface area contributed by atoms with Gasteiger partial charge in [-0.05, 0) is 67.7 Å². The zero-order valence-electron chi connectivity index (χ0n) is 20.3. The molecule has 186 valence electrons. The number of rotatable bonds is 5. The SMILES string of the molecule is CC(=C1CCN(CC(F)(F)F)CC1)c1c(C)c(C(=O)O)cc2c(-c3ccnc(N(C)C)c3)ccn12. The molecule has 4 heterocycles. The number of hydrogen-bond acceptors (Lipinski definition) is 4. The minimum Gasteiger partial charge on any atom is -0.478 e. The molecule has 0 amide bonds. The monoisotopic (exact) mass is 486 g/mol. The minimum absolute atomic E-state index is 0.212. The number of alkyl halides is 3. The fraction of sp³-hybridized carbons (Fsp3) is 0.385. The van der Waals surface area contributed by atoms with E-state index in [2.05, 4.69) is 4.98 Å². The van der Waals surface area contributed by atoms with Gasteiger partial charge in [0.15, 0.2) is 0 Å². The van der Waals surface area contributed by atoms with Gasteiger partial charge < -0.3 is 14.4 Å². The van der Waals surface area contributed by atoms with Gasteiger partial charge in [-0.2, -0.15) is 13.2 Å². The highest BCUT2D eigenvalue weighted by molar-refractivity contribution is 5.95. The van der Waals surface area contributed by atoms with Crippen LogP contribution in [0.25, 0.3) is 22.2 Å². The van der Waals surface area contributed by atoms with Gasteiger partial charge in [0.1, 0.15) is 5.82 Å². The molecule has 3 aromatic heterocycles. The Balaban J connectivity index is 1.81. The molecule has 1 aliphatic rings. The summed E-state index contributed by atoms with van der Waals surface area (Å²) in [5, 5.41) is 9.95. The van der Waals surface area contributed by atoms with Crippen LogP contribution in [0, 0.1) is 6.92 Å². The standard InChI is InChI=1S/C26H29F3N4O2/c1-16(18-6-10-32(11-7-18)15-26(27,28)29)24-17(2)21(25(34)35)14-22-20(8-12-33(22)24)19-5-9-30-23(13-19)31(3)4/h5,8-9,12-14H,6-7,10-11,15H2,1-4H3,(H,34,35). The van der Waals surface area contributed by atoms with Crippen molar-refractivity contribution in [1.29, 1.82) is 0 Å². The first-order valence-electron chi connectivity index (χ1n) is 11.5. The zero-order valence-corrected chi connectivity index (χ0v) is 20.3. The van der Waals surface area contributed by atoms with E-state index in [-0.39, 0.29) is 5.56 Å². The minimum atomic E-state index is -4.21. The number of allylic oxidation sites excluding steroid dienone is 1. The Morgan fingerprint density at radius 2 is 1.86 bits per heavy atom. The van der Waals surface area contributed by atoms with Crippen LogP contribution in [0.2, 0.25) is 0 Å². The number of halogens is 3. The number of hydrogen-bond donors (Lipinski definition) is 1. The number of fused-ring (bicyclic) bond motifs is 1. The van der Waals surface area contributed by atoms with Crippen molar-refractivity contribution in [2.45, 2.75) is 32.9 Å². The van der Waals surface area contributed by atoms with E-state index >= 15 is 0 Å². The summed E-state index contributed by atoms with van der Waals surface area (Å²) in [6.07, 6.45) is 0.478. The molecule has 0 spiro atoms. The van der Waals surface area contributed by atoms with Gasteiger partial charge in [-0.15, -0.1) is 0 Å². The summed E-state index contributed by atoms with van der Waals surface area (Å²) in [5.74, 6) is -0.225. The van der Waals surface area contributed by atoms with E-state index in [1.165, 1.54) is 4.90 Å². The smallest absolute Gasteiger partial charge is 0.401 e. The second-order valence-corrected chi connectivity index (χ2v) is 9.24. The molecule has 0 radical (unpaired) electrons. The topological polar surface area (TPSA) is 61.1 Å². The quantitative estimate of drug-likeness (QED) is 0.516. The molecule has 0 bridgehead atoms. The Morgan fingerprint density at radius 3 is 2.46 bits per heavy atom. The normalized spacial score (nSPS) is 15.0. The maximum absolute atomic E-state index is 12.8. The van der Waals surface area contributed by atoms with E-state index in [1.54, 1.807) is 19.2 Å². The van der Waals surface area contributed by atoms with Crippen molar-refractivity contribution in [3.8, 4) is 11.1 Å². The highest BCUT2D eigenvalue weighted by atomic mass is 19.4. The van der Waals surface area contributed by atoms with Gasteiger partial charge in [0.05, 0.1) is 23.3 Å². The third-order valence-corrected chi connectivity index (χ3v) is 6.70. The summed E-state index contributed by atoms with van der Waals surface area (Å²) < 4.78 is 40.4. The van der Waals surface area contributed by atoms with Crippen molar-refractivity contribution in [1.82, 2.24) is 14.3 Å². The van der Waals surface area contributed by atoms with Crippen LogP contribution in [-0.2, 0) is 0 Å². The van der Waals surface area contributed by atoms with Gasteiger partial charge in [-0.1, -0.05) is 5.57 Å². The number of piperidine rings is 1. The molecule has 1 saturated heterocycles. The van der Waals surface area contributed by atoms with Gasteiger partial charge in [-0.3, -0.25) is 4.90 Å². The van der Waals surface area contributed by atoms with E-state index in [0.29, 0.717) is 31.5 Å². The number of aromatic carboxylic acids is 1. The molecule has 1 aliphatic heterocycles. The van der Waals surface area contributed by atoms with Gasteiger partial charge >= 0.3 is 12.1 Å². The summed E-state index contributed by atoms with van der Waals surface area (Å²) in [7, 11) is 3.81. The Hall–Kier alpha value is -3.33. The Bertz CT molecular complexity index is 1300. The maximum atomic E-state index is 12.8. The molecular weight excluding hydrogens is 457 g/mol. The third-order valence-electron chi connectivity index (χ3n) is 6.70. The summed E-state index contributed by atoms with van der Waals surface area (Å²) in [5.41, 5.74) is 6.18. The lowest BCUT2D eigenvalue weighted by atomic mass is 9.93. The highest BCUT2D eigenvalue weighted by Crippen LogP contribution is 2.35. The van der Waals surface area contributed by atoms with Gasteiger partial charge in [0.25, 0.3) is 0 Å².